The molecule has 0 aromatic heterocycles. The summed E-state index contributed by atoms with van der Waals surface area (Å²) in [5.74, 6) is 0.495. The summed E-state index contributed by atoms with van der Waals surface area (Å²) in [6.45, 7) is 0.343. The van der Waals surface area contributed by atoms with Gasteiger partial charge in [0, 0.05) is 9.61 Å². The van der Waals surface area contributed by atoms with Crippen molar-refractivity contribution in [1.29, 1.82) is 5.26 Å². The van der Waals surface area contributed by atoms with Crippen LogP contribution in [0.2, 0.25) is 5.02 Å². The van der Waals surface area contributed by atoms with Gasteiger partial charge in [-0.05, 0) is 76.9 Å². The molecule has 0 bridgehead atoms. The van der Waals surface area contributed by atoms with Crippen LogP contribution in [0.4, 0.5) is 0 Å². The third kappa shape index (κ3) is 5.89. The number of hydrogen-bond acceptors (Lipinski definition) is 4. The quantitative estimate of drug-likeness (QED) is 0.288. The van der Waals surface area contributed by atoms with Crippen molar-refractivity contribution in [3.05, 3.63) is 61.7 Å². The lowest BCUT2D eigenvalue weighted by atomic mass is 10.1. The number of benzene rings is 2. The van der Waals surface area contributed by atoms with Crippen molar-refractivity contribution < 1.29 is 14.3 Å². The molecule has 0 aliphatic heterocycles. The average molecular weight is 537 g/mol. The second kappa shape index (κ2) is 10.7. The van der Waals surface area contributed by atoms with E-state index in [4.69, 9.17) is 21.1 Å². The first-order valence-electron chi connectivity index (χ1n) is 9.67. The van der Waals surface area contributed by atoms with Crippen LogP contribution in [0.5, 0.6) is 11.5 Å². The molecule has 0 radical (unpaired) electrons. The Morgan fingerprint density at radius 3 is 2.63 bits per heavy atom. The largest absolute Gasteiger partial charge is 0.493 e. The highest BCUT2D eigenvalue weighted by atomic mass is 127. The number of carbonyl (C=O) groups excluding carboxylic acids is 1. The van der Waals surface area contributed by atoms with Crippen LogP contribution in [0, 0.1) is 14.9 Å². The number of halogens is 2. The maximum atomic E-state index is 12.4. The normalized spacial score (nSPS) is 14.3. The van der Waals surface area contributed by atoms with Crippen molar-refractivity contribution in [3.63, 3.8) is 0 Å². The van der Waals surface area contributed by atoms with Crippen LogP contribution < -0.4 is 14.8 Å². The average Bonchev–Trinajstić information content (AvgIpc) is 3.25. The Bertz CT molecular complexity index is 977. The molecule has 0 unspecified atom stereocenters. The monoisotopic (exact) mass is 536 g/mol. The van der Waals surface area contributed by atoms with Gasteiger partial charge in [-0.25, -0.2) is 0 Å². The Hall–Kier alpha value is -2.24. The number of ether oxygens (including phenoxy) is 2. The maximum absolute atomic E-state index is 12.4. The molecule has 1 aliphatic carbocycles. The standard InChI is InChI=1S/C23H22ClIN2O3/c1-29-21-12-16(10-17(13-26)23(28)27-19-4-2-3-5-19)11-20(24)22(21)30-14-15-6-8-18(25)9-7-15/h6-12,19H,2-5,14H2,1H3,(H,27,28)/b17-10-. The van der Waals surface area contributed by atoms with Gasteiger partial charge in [0.05, 0.1) is 12.1 Å². The van der Waals surface area contributed by atoms with E-state index >= 15 is 0 Å². The second-order valence-corrected chi connectivity index (χ2v) is 8.73. The molecule has 1 N–H and O–H groups in total. The fourth-order valence-electron chi connectivity index (χ4n) is 3.35. The Labute approximate surface area is 195 Å². The summed E-state index contributed by atoms with van der Waals surface area (Å²) >= 11 is 8.68. The van der Waals surface area contributed by atoms with Crippen molar-refractivity contribution in [1.82, 2.24) is 5.32 Å². The maximum Gasteiger partial charge on any atom is 0.262 e. The van der Waals surface area contributed by atoms with Gasteiger partial charge in [0.15, 0.2) is 11.5 Å². The lowest BCUT2D eigenvalue weighted by Crippen LogP contribution is -2.33. The minimum absolute atomic E-state index is 0.0348. The number of methoxy groups -OCH3 is 1. The predicted octanol–water partition coefficient (Wildman–Crippen LogP) is 5.50. The number of nitriles is 1. The summed E-state index contributed by atoms with van der Waals surface area (Å²) in [5.41, 5.74) is 1.64. The molecule has 2 aromatic carbocycles. The Kier molecular flexibility index (Phi) is 8.00. The van der Waals surface area contributed by atoms with Gasteiger partial charge in [0.2, 0.25) is 0 Å². The van der Waals surface area contributed by atoms with Crippen LogP contribution in [-0.4, -0.2) is 19.1 Å². The molecule has 0 saturated heterocycles. The Balaban J connectivity index is 1.77. The Morgan fingerprint density at radius 1 is 1.30 bits per heavy atom. The molecule has 0 spiro atoms. The zero-order valence-electron chi connectivity index (χ0n) is 16.6. The van der Waals surface area contributed by atoms with Gasteiger partial charge in [-0.2, -0.15) is 5.26 Å². The second-order valence-electron chi connectivity index (χ2n) is 7.07. The van der Waals surface area contributed by atoms with Crippen molar-refractivity contribution in [2.24, 2.45) is 0 Å². The first-order chi connectivity index (χ1) is 14.5. The van der Waals surface area contributed by atoms with Gasteiger partial charge in [-0.15, -0.1) is 0 Å². The van der Waals surface area contributed by atoms with Crippen LogP contribution in [0.15, 0.2) is 42.0 Å². The molecular weight excluding hydrogens is 515 g/mol. The first kappa shape index (κ1) is 22.4. The Morgan fingerprint density at radius 2 is 2.00 bits per heavy atom. The van der Waals surface area contributed by atoms with Crippen molar-refractivity contribution in [2.45, 2.75) is 38.3 Å². The summed E-state index contributed by atoms with van der Waals surface area (Å²) in [4.78, 5) is 12.4. The molecule has 0 heterocycles. The number of nitrogens with zero attached hydrogens (tertiary/aromatic N) is 1. The summed E-state index contributed by atoms with van der Waals surface area (Å²) in [6, 6.07) is 13.5. The van der Waals surface area contributed by atoms with Crippen molar-refractivity contribution in [2.75, 3.05) is 7.11 Å². The van der Waals surface area contributed by atoms with Crippen LogP contribution in [0.25, 0.3) is 6.08 Å². The van der Waals surface area contributed by atoms with Gasteiger partial charge in [-0.3, -0.25) is 4.79 Å². The molecule has 1 amide bonds. The number of hydrogen-bond donors (Lipinski definition) is 1. The van der Waals surface area contributed by atoms with Gasteiger partial charge in [0.25, 0.3) is 5.91 Å². The van der Waals surface area contributed by atoms with E-state index < -0.39 is 0 Å². The zero-order valence-corrected chi connectivity index (χ0v) is 19.5. The third-order valence-corrected chi connectivity index (χ3v) is 5.91. The fraction of sp³-hybridized carbons (Fsp3) is 0.304. The van der Waals surface area contributed by atoms with Crippen LogP contribution in [-0.2, 0) is 11.4 Å². The van der Waals surface area contributed by atoms with Crippen LogP contribution in [0.3, 0.4) is 0 Å². The summed E-state index contributed by atoms with van der Waals surface area (Å²) in [7, 11) is 1.52. The molecule has 30 heavy (non-hydrogen) atoms. The SMILES string of the molecule is COc1cc(/C=C(/C#N)C(=O)NC2CCCC2)cc(Cl)c1OCc1ccc(I)cc1. The zero-order chi connectivity index (χ0) is 21.5. The van der Waals surface area contributed by atoms with Crippen LogP contribution in [0.1, 0.15) is 36.8 Å². The molecule has 2 aromatic rings. The van der Waals surface area contributed by atoms with Gasteiger partial charge < -0.3 is 14.8 Å². The van der Waals surface area contributed by atoms with E-state index in [-0.39, 0.29) is 17.5 Å². The number of nitrogens with one attached hydrogen (secondary N) is 1. The van der Waals surface area contributed by atoms with Crippen LogP contribution >= 0.6 is 34.2 Å². The fourth-order valence-corrected chi connectivity index (χ4v) is 3.98. The number of rotatable bonds is 7. The minimum Gasteiger partial charge on any atom is -0.493 e. The molecule has 0 atom stereocenters. The van der Waals surface area contributed by atoms with E-state index in [1.807, 2.05) is 30.3 Å². The van der Waals surface area contributed by atoms with Gasteiger partial charge in [0.1, 0.15) is 18.2 Å². The lowest BCUT2D eigenvalue weighted by molar-refractivity contribution is -0.117. The van der Waals surface area contributed by atoms with E-state index in [9.17, 15) is 10.1 Å². The van der Waals surface area contributed by atoms with E-state index in [0.717, 1.165) is 34.8 Å². The molecule has 1 saturated carbocycles. The number of amides is 1. The van der Waals surface area contributed by atoms with E-state index in [1.165, 1.54) is 13.2 Å². The molecule has 156 valence electrons. The topological polar surface area (TPSA) is 71.3 Å². The summed E-state index contributed by atoms with van der Waals surface area (Å²) in [5, 5.41) is 12.7. The molecular formula is C23H22ClIN2O3. The van der Waals surface area contributed by atoms with E-state index in [0.29, 0.717) is 28.7 Å². The first-order valence-corrected chi connectivity index (χ1v) is 11.1. The highest BCUT2D eigenvalue weighted by Crippen LogP contribution is 2.37. The van der Waals surface area contributed by atoms with Gasteiger partial charge in [-0.1, -0.05) is 36.6 Å². The van der Waals surface area contributed by atoms with E-state index in [1.54, 1.807) is 12.1 Å². The molecule has 5 nitrogen and oxygen atoms in total. The highest BCUT2D eigenvalue weighted by molar-refractivity contribution is 14.1. The number of carbonyl (C=O) groups is 1. The molecule has 3 rings (SSSR count). The third-order valence-electron chi connectivity index (χ3n) is 4.91. The minimum atomic E-state index is -0.362. The highest BCUT2D eigenvalue weighted by Gasteiger charge is 2.20. The van der Waals surface area contributed by atoms with E-state index in [2.05, 4.69) is 27.9 Å². The predicted molar refractivity (Wildman–Crippen MR) is 125 cm³/mol. The molecule has 7 heteroatoms. The molecule has 1 fully saturated rings. The lowest BCUT2D eigenvalue weighted by Gasteiger charge is -2.14. The molecule has 1 aliphatic rings. The summed E-state index contributed by atoms with van der Waals surface area (Å²) < 4.78 is 12.5. The van der Waals surface area contributed by atoms with Gasteiger partial charge >= 0.3 is 0 Å². The smallest absolute Gasteiger partial charge is 0.262 e. The van der Waals surface area contributed by atoms with Crippen molar-refractivity contribution >= 4 is 46.2 Å². The van der Waals surface area contributed by atoms with Crippen molar-refractivity contribution in [3.8, 4) is 17.6 Å². The summed E-state index contributed by atoms with van der Waals surface area (Å²) in [6.07, 6.45) is 5.63.